The van der Waals surface area contributed by atoms with E-state index in [4.69, 9.17) is 5.26 Å². The van der Waals surface area contributed by atoms with Gasteiger partial charge in [-0.1, -0.05) is 30.3 Å². The number of benzene rings is 2. The first-order valence-corrected chi connectivity index (χ1v) is 6.03. The SMILES string of the molecule is Cc1cc(NC(C)c2ccccc2)ccc1C#N. The monoisotopic (exact) mass is 236 g/mol. The summed E-state index contributed by atoms with van der Waals surface area (Å²) in [5.74, 6) is 0. The zero-order valence-corrected chi connectivity index (χ0v) is 10.6. The van der Waals surface area contributed by atoms with E-state index >= 15 is 0 Å². The molecule has 2 aromatic carbocycles. The van der Waals surface area contributed by atoms with Crippen LogP contribution in [0.3, 0.4) is 0 Å². The second kappa shape index (κ2) is 5.37. The number of hydrogen-bond acceptors (Lipinski definition) is 2. The molecule has 90 valence electrons. The van der Waals surface area contributed by atoms with E-state index in [9.17, 15) is 0 Å². The van der Waals surface area contributed by atoms with E-state index in [0.29, 0.717) is 0 Å². The third kappa shape index (κ3) is 2.70. The molecule has 2 heteroatoms. The second-order valence-corrected chi connectivity index (χ2v) is 4.42. The van der Waals surface area contributed by atoms with Crippen LogP contribution in [0.4, 0.5) is 5.69 Å². The number of nitriles is 1. The third-order valence-corrected chi connectivity index (χ3v) is 3.03. The van der Waals surface area contributed by atoms with Crippen molar-refractivity contribution in [3.8, 4) is 6.07 Å². The van der Waals surface area contributed by atoms with Gasteiger partial charge in [0.2, 0.25) is 0 Å². The number of nitrogens with one attached hydrogen (secondary N) is 1. The van der Waals surface area contributed by atoms with E-state index < -0.39 is 0 Å². The van der Waals surface area contributed by atoms with Crippen molar-refractivity contribution in [2.24, 2.45) is 0 Å². The largest absolute Gasteiger partial charge is 0.379 e. The molecule has 0 aliphatic carbocycles. The summed E-state index contributed by atoms with van der Waals surface area (Å²) in [6.07, 6.45) is 0. The Balaban J connectivity index is 2.15. The Kier molecular flexibility index (Phi) is 3.64. The van der Waals surface area contributed by atoms with E-state index in [2.05, 4.69) is 30.4 Å². The molecule has 18 heavy (non-hydrogen) atoms. The third-order valence-electron chi connectivity index (χ3n) is 3.03. The molecule has 0 saturated heterocycles. The number of hydrogen-bond donors (Lipinski definition) is 1. The molecule has 0 aromatic heterocycles. The molecule has 2 nitrogen and oxygen atoms in total. The Morgan fingerprint density at radius 2 is 1.83 bits per heavy atom. The number of aryl methyl sites for hydroxylation is 1. The van der Waals surface area contributed by atoms with Crippen molar-refractivity contribution in [1.29, 1.82) is 5.26 Å². The highest BCUT2D eigenvalue weighted by molar-refractivity contribution is 5.52. The van der Waals surface area contributed by atoms with Gasteiger partial charge >= 0.3 is 0 Å². The average Bonchev–Trinajstić information content (AvgIpc) is 2.40. The predicted octanol–water partition coefficient (Wildman–Crippen LogP) is 4.04. The van der Waals surface area contributed by atoms with E-state index in [-0.39, 0.29) is 6.04 Å². The van der Waals surface area contributed by atoms with Crippen LogP contribution >= 0.6 is 0 Å². The van der Waals surface area contributed by atoms with Crippen LogP contribution in [-0.2, 0) is 0 Å². The van der Waals surface area contributed by atoms with Crippen LogP contribution in [0.1, 0.15) is 29.7 Å². The molecule has 0 aliphatic rings. The van der Waals surface area contributed by atoms with Crippen molar-refractivity contribution in [3.63, 3.8) is 0 Å². The van der Waals surface area contributed by atoms with Gasteiger partial charge in [0.25, 0.3) is 0 Å². The number of anilines is 1. The Morgan fingerprint density at radius 1 is 1.11 bits per heavy atom. The summed E-state index contributed by atoms with van der Waals surface area (Å²) in [4.78, 5) is 0. The van der Waals surface area contributed by atoms with Gasteiger partial charge in [-0.05, 0) is 43.2 Å². The fraction of sp³-hybridized carbons (Fsp3) is 0.188. The van der Waals surface area contributed by atoms with Gasteiger partial charge in [0, 0.05) is 11.7 Å². The zero-order valence-electron chi connectivity index (χ0n) is 10.6. The Labute approximate surface area is 108 Å². The zero-order chi connectivity index (χ0) is 13.0. The summed E-state index contributed by atoms with van der Waals surface area (Å²) in [5, 5.41) is 12.3. The summed E-state index contributed by atoms with van der Waals surface area (Å²) >= 11 is 0. The summed E-state index contributed by atoms with van der Waals surface area (Å²) < 4.78 is 0. The molecule has 1 atom stereocenters. The molecule has 0 aliphatic heterocycles. The molecule has 0 heterocycles. The van der Waals surface area contributed by atoms with Crippen LogP contribution in [0, 0.1) is 18.3 Å². The van der Waals surface area contributed by atoms with Gasteiger partial charge in [-0.15, -0.1) is 0 Å². The number of nitrogens with zero attached hydrogens (tertiary/aromatic N) is 1. The molecule has 0 bridgehead atoms. The molecule has 1 N–H and O–H groups in total. The molecule has 0 spiro atoms. The van der Waals surface area contributed by atoms with Crippen molar-refractivity contribution in [2.75, 3.05) is 5.32 Å². The Hall–Kier alpha value is -2.27. The lowest BCUT2D eigenvalue weighted by molar-refractivity contribution is 0.884. The van der Waals surface area contributed by atoms with Crippen LogP contribution in [0.2, 0.25) is 0 Å². The van der Waals surface area contributed by atoms with Gasteiger partial charge in [0.15, 0.2) is 0 Å². The van der Waals surface area contributed by atoms with Gasteiger partial charge in [-0.25, -0.2) is 0 Å². The average molecular weight is 236 g/mol. The van der Waals surface area contributed by atoms with Gasteiger partial charge < -0.3 is 5.32 Å². The summed E-state index contributed by atoms with van der Waals surface area (Å²) in [5.41, 5.74) is 4.03. The molecular formula is C16H16N2. The molecule has 2 aromatic rings. The smallest absolute Gasteiger partial charge is 0.0994 e. The summed E-state index contributed by atoms with van der Waals surface area (Å²) in [6.45, 7) is 4.08. The van der Waals surface area contributed by atoms with Gasteiger partial charge in [0.1, 0.15) is 0 Å². The standard InChI is InChI=1S/C16H16N2/c1-12-10-16(9-8-15(12)11-17)18-13(2)14-6-4-3-5-7-14/h3-10,13,18H,1-2H3. The van der Waals surface area contributed by atoms with Crippen molar-refractivity contribution >= 4 is 5.69 Å². The van der Waals surface area contributed by atoms with Crippen LogP contribution in [-0.4, -0.2) is 0 Å². The highest BCUT2D eigenvalue weighted by Gasteiger charge is 2.05. The fourth-order valence-electron chi connectivity index (χ4n) is 1.95. The first-order chi connectivity index (χ1) is 8.70. The lowest BCUT2D eigenvalue weighted by Crippen LogP contribution is -2.06. The highest BCUT2D eigenvalue weighted by Crippen LogP contribution is 2.21. The first-order valence-electron chi connectivity index (χ1n) is 6.03. The van der Waals surface area contributed by atoms with Gasteiger partial charge in [-0.3, -0.25) is 0 Å². The predicted molar refractivity (Wildman–Crippen MR) is 74.4 cm³/mol. The maximum atomic E-state index is 8.90. The lowest BCUT2D eigenvalue weighted by Gasteiger charge is -2.16. The maximum Gasteiger partial charge on any atom is 0.0994 e. The second-order valence-electron chi connectivity index (χ2n) is 4.42. The fourth-order valence-corrected chi connectivity index (χ4v) is 1.95. The van der Waals surface area contributed by atoms with Crippen molar-refractivity contribution in [3.05, 3.63) is 65.2 Å². The summed E-state index contributed by atoms with van der Waals surface area (Å²) in [7, 11) is 0. The van der Waals surface area contributed by atoms with Crippen molar-refractivity contribution < 1.29 is 0 Å². The lowest BCUT2D eigenvalue weighted by atomic mass is 10.1. The molecule has 0 radical (unpaired) electrons. The Morgan fingerprint density at radius 3 is 2.44 bits per heavy atom. The Bertz CT molecular complexity index is 567. The molecule has 0 amide bonds. The minimum atomic E-state index is 0.249. The molecule has 1 unspecified atom stereocenters. The van der Waals surface area contributed by atoms with E-state index in [1.165, 1.54) is 5.56 Å². The highest BCUT2D eigenvalue weighted by atomic mass is 14.9. The normalized spacial score (nSPS) is 11.6. The number of rotatable bonds is 3. The maximum absolute atomic E-state index is 8.90. The van der Waals surface area contributed by atoms with Gasteiger partial charge in [0.05, 0.1) is 11.6 Å². The van der Waals surface area contributed by atoms with Gasteiger partial charge in [-0.2, -0.15) is 5.26 Å². The van der Waals surface area contributed by atoms with Crippen molar-refractivity contribution in [1.82, 2.24) is 0 Å². The van der Waals surface area contributed by atoms with Crippen LogP contribution in [0.25, 0.3) is 0 Å². The van der Waals surface area contributed by atoms with Crippen LogP contribution in [0.5, 0.6) is 0 Å². The van der Waals surface area contributed by atoms with Crippen molar-refractivity contribution in [2.45, 2.75) is 19.9 Å². The first kappa shape index (κ1) is 12.2. The van der Waals surface area contributed by atoms with E-state index in [1.54, 1.807) is 0 Å². The van der Waals surface area contributed by atoms with E-state index in [0.717, 1.165) is 16.8 Å². The molecular weight excluding hydrogens is 220 g/mol. The van der Waals surface area contributed by atoms with Crippen LogP contribution < -0.4 is 5.32 Å². The summed E-state index contributed by atoms with van der Waals surface area (Å²) in [6, 6.07) is 18.6. The molecule has 0 fully saturated rings. The van der Waals surface area contributed by atoms with E-state index in [1.807, 2.05) is 43.3 Å². The quantitative estimate of drug-likeness (QED) is 0.873. The minimum absolute atomic E-state index is 0.249. The van der Waals surface area contributed by atoms with Crippen LogP contribution in [0.15, 0.2) is 48.5 Å². The molecule has 0 saturated carbocycles. The molecule has 2 rings (SSSR count). The minimum Gasteiger partial charge on any atom is -0.379 e. The topological polar surface area (TPSA) is 35.8 Å².